The lowest BCUT2D eigenvalue weighted by atomic mass is 10.1. The summed E-state index contributed by atoms with van der Waals surface area (Å²) in [6.45, 7) is -1.20. The third-order valence-electron chi connectivity index (χ3n) is 5.28. The number of alkyl halides is 6. The molecule has 0 unspecified atom stereocenters. The van der Waals surface area contributed by atoms with Crippen molar-refractivity contribution in [2.75, 3.05) is 6.61 Å². The lowest BCUT2D eigenvalue weighted by molar-refractivity contribution is -0.145. The number of ether oxygens (including phenoxy) is 2. The molecule has 0 bridgehead atoms. The summed E-state index contributed by atoms with van der Waals surface area (Å²) in [5, 5.41) is 8.54. The summed E-state index contributed by atoms with van der Waals surface area (Å²) in [5.41, 5.74) is -3.66. The first-order valence-electron chi connectivity index (χ1n) is 10.5. The molecular formula is C24H14F7NO6S. The maximum atomic E-state index is 13.8. The van der Waals surface area contributed by atoms with Crippen molar-refractivity contribution in [2.24, 2.45) is 0 Å². The van der Waals surface area contributed by atoms with Crippen LogP contribution in [0, 0.1) is 5.82 Å². The lowest BCUT2D eigenvalue weighted by Gasteiger charge is -2.20. The molecule has 0 atom stereocenters. The Hall–Kier alpha value is -4.27. The van der Waals surface area contributed by atoms with Crippen molar-refractivity contribution < 1.29 is 58.5 Å². The van der Waals surface area contributed by atoms with E-state index in [-0.39, 0.29) is 32.8 Å². The van der Waals surface area contributed by atoms with Gasteiger partial charge in [0.1, 0.15) is 28.4 Å². The minimum absolute atomic E-state index is 0.125. The second kappa shape index (κ2) is 9.80. The van der Waals surface area contributed by atoms with E-state index < -0.39 is 69.0 Å². The molecule has 15 heteroatoms. The molecule has 0 aliphatic rings. The fourth-order valence-corrected chi connectivity index (χ4v) is 5.00. The molecule has 0 saturated heterocycles. The molecule has 2 N–H and O–H groups in total. The smallest absolute Gasteiger partial charge is 0.420 e. The van der Waals surface area contributed by atoms with Crippen molar-refractivity contribution in [3.05, 3.63) is 77.7 Å². The van der Waals surface area contributed by atoms with Crippen LogP contribution in [0.1, 0.15) is 11.1 Å². The number of halogens is 7. The van der Waals surface area contributed by atoms with E-state index in [2.05, 4.69) is 9.72 Å². The largest absolute Gasteiger partial charge is 0.482 e. The summed E-state index contributed by atoms with van der Waals surface area (Å²) in [6.07, 6.45) is -9.73. The van der Waals surface area contributed by atoms with E-state index in [0.717, 1.165) is 42.6 Å². The number of benzene rings is 3. The summed E-state index contributed by atoms with van der Waals surface area (Å²) in [5.74, 6) is -5.59. The molecule has 7 nitrogen and oxygen atoms in total. The summed E-state index contributed by atoms with van der Waals surface area (Å²) in [7, 11) is -4.29. The van der Waals surface area contributed by atoms with Gasteiger partial charge in [0.25, 0.3) is 0 Å². The van der Waals surface area contributed by atoms with Gasteiger partial charge in [-0.05, 0) is 54.6 Å². The van der Waals surface area contributed by atoms with Crippen LogP contribution >= 0.6 is 0 Å². The summed E-state index contributed by atoms with van der Waals surface area (Å²) in [4.78, 5) is 12.6. The van der Waals surface area contributed by atoms with E-state index in [1.807, 2.05) is 0 Å². The Kier molecular flexibility index (Phi) is 6.97. The van der Waals surface area contributed by atoms with Gasteiger partial charge in [-0.2, -0.15) is 26.3 Å². The van der Waals surface area contributed by atoms with Gasteiger partial charge in [-0.1, -0.05) is 0 Å². The summed E-state index contributed by atoms with van der Waals surface area (Å²) < 4.78 is 132. The van der Waals surface area contributed by atoms with E-state index in [1.54, 1.807) is 0 Å². The number of carboxylic acid groups (broad SMARTS) is 1. The molecule has 4 rings (SSSR count). The van der Waals surface area contributed by atoms with Crippen molar-refractivity contribution >= 4 is 26.7 Å². The van der Waals surface area contributed by atoms with Crippen LogP contribution in [-0.2, 0) is 27.0 Å². The molecule has 3 aromatic carbocycles. The zero-order valence-electron chi connectivity index (χ0n) is 19.0. The van der Waals surface area contributed by atoms with Crippen molar-refractivity contribution in [2.45, 2.75) is 22.1 Å². The Morgan fingerprint density at radius 2 is 1.46 bits per heavy atom. The number of fused-ring (bicyclic) bond motifs is 1. The fraction of sp³-hybridized carbons (Fsp3) is 0.125. The first-order valence-corrected chi connectivity index (χ1v) is 12.0. The number of rotatable bonds is 7. The number of aromatic amines is 1. The highest BCUT2D eigenvalue weighted by Gasteiger charge is 2.43. The van der Waals surface area contributed by atoms with Gasteiger partial charge < -0.3 is 19.6 Å². The standard InChI is InChI=1S/C24H14F7NO6S/c25-12-1-4-15(5-2-12)39(35,36)20-10-32-19-6-3-13(7-16(19)20)38-22-17(23(26,27)28)8-14(37-11-21(33)34)9-18(22)24(29,30)31/h1-10,32H,11H2,(H,33,34). The zero-order chi connectivity index (χ0) is 28.8. The second-order valence-electron chi connectivity index (χ2n) is 7.95. The molecule has 1 aromatic heterocycles. The van der Waals surface area contributed by atoms with Crippen LogP contribution in [0.25, 0.3) is 10.9 Å². The number of hydrogen-bond donors (Lipinski definition) is 2. The molecule has 0 spiro atoms. The number of aromatic nitrogens is 1. The average Bonchev–Trinajstić information content (AvgIpc) is 3.26. The van der Waals surface area contributed by atoms with E-state index in [9.17, 15) is 43.9 Å². The minimum Gasteiger partial charge on any atom is -0.482 e. The van der Waals surface area contributed by atoms with Crippen LogP contribution in [0.5, 0.6) is 17.2 Å². The molecule has 0 aliphatic carbocycles. The molecule has 0 amide bonds. The molecular weight excluding hydrogens is 563 g/mol. The quantitative estimate of drug-likeness (QED) is 0.194. The molecule has 1 heterocycles. The molecule has 0 radical (unpaired) electrons. The van der Waals surface area contributed by atoms with Crippen LogP contribution < -0.4 is 9.47 Å². The van der Waals surface area contributed by atoms with Gasteiger partial charge in [-0.15, -0.1) is 0 Å². The molecule has 0 fully saturated rings. The zero-order valence-corrected chi connectivity index (χ0v) is 19.8. The number of H-pyrrole nitrogens is 1. The first-order chi connectivity index (χ1) is 18.1. The highest BCUT2D eigenvalue weighted by Crippen LogP contribution is 2.48. The average molecular weight is 577 g/mol. The van der Waals surface area contributed by atoms with Crippen molar-refractivity contribution in [3.63, 3.8) is 0 Å². The van der Waals surface area contributed by atoms with Gasteiger partial charge in [0.15, 0.2) is 12.4 Å². The maximum absolute atomic E-state index is 13.8. The molecule has 0 aliphatic heterocycles. The fourth-order valence-electron chi connectivity index (χ4n) is 3.58. The Balaban J connectivity index is 1.84. The predicted octanol–water partition coefficient (Wildman–Crippen LogP) is 6.43. The van der Waals surface area contributed by atoms with Gasteiger partial charge in [-0.25, -0.2) is 17.6 Å². The van der Waals surface area contributed by atoms with E-state index >= 15 is 0 Å². The van der Waals surface area contributed by atoms with Crippen LogP contribution in [0.2, 0.25) is 0 Å². The minimum atomic E-state index is -5.40. The number of hydrogen-bond acceptors (Lipinski definition) is 5. The number of carbonyl (C=O) groups is 1. The third-order valence-corrected chi connectivity index (χ3v) is 7.09. The summed E-state index contributed by atoms with van der Waals surface area (Å²) in [6, 6.07) is 7.22. The summed E-state index contributed by atoms with van der Waals surface area (Å²) >= 11 is 0. The highest BCUT2D eigenvalue weighted by molar-refractivity contribution is 7.91. The van der Waals surface area contributed by atoms with Crippen LogP contribution in [0.3, 0.4) is 0 Å². The van der Waals surface area contributed by atoms with Crippen molar-refractivity contribution in [1.82, 2.24) is 4.98 Å². The first kappa shape index (κ1) is 27.8. The maximum Gasteiger partial charge on any atom is 0.420 e. The van der Waals surface area contributed by atoms with Crippen LogP contribution in [0.15, 0.2) is 70.6 Å². The topological polar surface area (TPSA) is 106 Å². The molecule has 4 aromatic rings. The van der Waals surface area contributed by atoms with E-state index in [4.69, 9.17) is 9.84 Å². The Morgan fingerprint density at radius 1 is 0.872 bits per heavy atom. The molecule has 206 valence electrons. The number of carboxylic acids is 1. The third kappa shape index (κ3) is 5.77. The predicted molar refractivity (Wildman–Crippen MR) is 120 cm³/mol. The Morgan fingerprint density at radius 3 is 2.00 bits per heavy atom. The Labute approximate surface area is 214 Å². The Bertz CT molecular complexity index is 1620. The van der Waals surface area contributed by atoms with Gasteiger partial charge in [0, 0.05) is 17.1 Å². The highest BCUT2D eigenvalue weighted by atomic mass is 32.2. The number of nitrogens with one attached hydrogen (secondary N) is 1. The van der Waals surface area contributed by atoms with E-state index in [0.29, 0.717) is 0 Å². The van der Waals surface area contributed by atoms with Crippen LogP contribution in [0.4, 0.5) is 30.7 Å². The lowest BCUT2D eigenvalue weighted by Crippen LogP contribution is -2.16. The van der Waals surface area contributed by atoms with Crippen molar-refractivity contribution in [1.29, 1.82) is 0 Å². The molecule has 0 saturated carbocycles. The second-order valence-corrected chi connectivity index (χ2v) is 9.86. The number of sulfone groups is 1. The normalized spacial score (nSPS) is 12.5. The molecule has 39 heavy (non-hydrogen) atoms. The van der Waals surface area contributed by atoms with Crippen LogP contribution in [-0.4, -0.2) is 31.1 Å². The van der Waals surface area contributed by atoms with Gasteiger partial charge in [0.2, 0.25) is 9.84 Å². The van der Waals surface area contributed by atoms with Gasteiger partial charge >= 0.3 is 18.3 Å². The van der Waals surface area contributed by atoms with Gasteiger partial charge in [0.05, 0.1) is 9.79 Å². The van der Waals surface area contributed by atoms with Crippen molar-refractivity contribution in [3.8, 4) is 17.2 Å². The monoisotopic (exact) mass is 577 g/mol. The van der Waals surface area contributed by atoms with Gasteiger partial charge in [-0.3, -0.25) is 0 Å². The SMILES string of the molecule is O=C(O)COc1cc(C(F)(F)F)c(Oc2ccc3[nH]cc(S(=O)(=O)c4ccc(F)cc4)c3c2)c(C(F)(F)F)c1. The van der Waals surface area contributed by atoms with E-state index in [1.165, 1.54) is 6.07 Å². The number of aliphatic carboxylic acids is 1.